The van der Waals surface area contributed by atoms with Gasteiger partial charge < -0.3 is 5.32 Å². The Labute approximate surface area is 144 Å². The Morgan fingerprint density at radius 2 is 2.00 bits per heavy atom. The molecule has 25 heavy (non-hydrogen) atoms. The summed E-state index contributed by atoms with van der Waals surface area (Å²) in [5.74, 6) is -1.16. The summed E-state index contributed by atoms with van der Waals surface area (Å²) in [4.78, 5) is 44.3. The maximum Gasteiger partial charge on any atom is 0.253 e. The van der Waals surface area contributed by atoms with Crippen LogP contribution in [0.1, 0.15) is 36.5 Å². The Morgan fingerprint density at radius 1 is 1.24 bits per heavy atom. The summed E-state index contributed by atoms with van der Waals surface area (Å²) in [6, 6.07) is 7.07. The van der Waals surface area contributed by atoms with Gasteiger partial charge in [-0.2, -0.15) is 0 Å². The van der Waals surface area contributed by atoms with E-state index < -0.39 is 11.4 Å². The zero-order valence-electron chi connectivity index (χ0n) is 13.8. The minimum absolute atomic E-state index is 0.207. The number of amides is 3. The van der Waals surface area contributed by atoms with Gasteiger partial charge in [0, 0.05) is 30.6 Å². The first-order chi connectivity index (χ1) is 12.0. The second-order valence-corrected chi connectivity index (χ2v) is 5.94. The third-order valence-electron chi connectivity index (χ3n) is 4.42. The second kappa shape index (κ2) is 6.80. The third kappa shape index (κ3) is 3.40. The van der Waals surface area contributed by atoms with Crippen molar-refractivity contribution in [3.8, 4) is 11.3 Å². The molecule has 0 radical (unpaired) electrons. The summed E-state index contributed by atoms with van der Waals surface area (Å²) < 4.78 is 0. The molecule has 1 aliphatic rings. The van der Waals surface area contributed by atoms with Gasteiger partial charge in [-0.1, -0.05) is 6.92 Å². The molecule has 1 saturated heterocycles. The number of carbonyl (C=O) groups excluding carboxylic acids is 3. The van der Waals surface area contributed by atoms with Gasteiger partial charge in [0.2, 0.25) is 5.91 Å². The molecule has 3 amide bonds. The average molecular weight is 338 g/mol. The van der Waals surface area contributed by atoms with Gasteiger partial charge in [0.1, 0.15) is 5.54 Å². The molecule has 2 N–H and O–H groups in total. The Morgan fingerprint density at radius 3 is 2.60 bits per heavy atom. The highest BCUT2D eigenvalue weighted by Gasteiger charge is 2.42. The summed E-state index contributed by atoms with van der Waals surface area (Å²) in [5.41, 5.74) is 0.923. The summed E-state index contributed by atoms with van der Waals surface area (Å²) in [7, 11) is 0. The molecule has 2 aromatic heterocycles. The third-order valence-corrected chi connectivity index (χ3v) is 4.42. The number of nitrogens with one attached hydrogen (secondary N) is 2. The zero-order chi connectivity index (χ0) is 17.9. The van der Waals surface area contributed by atoms with Crippen LogP contribution < -0.4 is 10.6 Å². The van der Waals surface area contributed by atoms with Crippen LogP contribution in [0.5, 0.6) is 0 Å². The van der Waals surface area contributed by atoms with Crippen molar-refractivity contribution in [2.24, 2.45) is 0 Å². The highest BCUT2D eigenvalue weighted by molar-refractivity contribution is 6.06. The minimum atomic E-state index is -1.06. The van der Waals surface area contributed by atoms with Crippen molar-refractivity contribution in [3.05, 3.63) is 48.4 Å². The van der Waals surface area contributed by atoms with Crippen molar-refractivity contribution in [2.45, 2.75) is 31.7 Å². The largest absolute Gasteiger partial charge is 0.338 e. The highest BCUT2D eigenvalue weighted by atomic mass is 16.2. The Hall–Kier alpha value is -3.09. The Balaban J connectivity index is 1.77. The van der Waals surface area contributed by atoms with Crippen LogP contribution in [-0.2, 0) is 9.59 Å². The number of imide groups is 1. The molecule has 0 aromatic carbocycles. The summed E-state index contributed by atoms with van der Waals surface area (Å²) >= 11 is 0. The molecule has 128 valence electrons. The highest BCUT2D eigenvalue weighted by Crippen LogP contribution is 2.23. The minimum Gasteiger partial charge on any atom is -0.338 e. The fraction of sp³-hybridized carbons (Fsp3) is 0.278. The van der Waals surface area contributed by atoms with Crippen molar-refractivity contribution >= 4 is 17.7 Å². The lowest BCUT2D eigenvalue weighted by atomic mass is 9.86. The van der Waals surface area contributed by atoms with Crippen LogP contribution in [0.15, 0.2) is 42.9 Å². The van der Waals surface area contributed by atoms with Gasteiger partial charge in [-0.15, -0.1) is 0 Å². The number of piperidine rings is 1. The van der Waals surface area contributed by atoms with Crippen molar-refractivity contribution < 1.29 is 14.4 Å². The van der Waals surface area contributed by atoms with E-state index in [4.69, 9.17) is 0 Å². The molecule has 1 aliphatic heterocycles. The molecule has 0 saturated carbocycles. The first kappa shape index (κ1) is 16.8. The maximum absolute atomic E-state index is 12.5. The van der Waals surface area contributed by atoms with Crippen molar-refractivity contribution in [1.82, 2.24) is 20.6 Å². The molecular formula is C18H18N4O3. The lowest BCUT2D eigenvalue weighted by Crippen LogP contribution is -2.62. The number of hydrogen-bond acceptors (Lipinski definition) is 5. The van der Waals surface area contributed by atoms with Crippen LogP contribution in [0.25, 0.3) is 11.3 Å². The fourth-order valence-electron chi connectivity index (χ4n) is 2.81. The molecule has 1 fully saturated rings. The number of rotatable bonds is 4. The van der Waals surface area contributed by atoms with E-state index >= 15 is 0 Å². The predicted molar refractivity (Wildman–Crippen MR) is 90.3 cm³/mol. The standard InChI is InChI=1S/C18H18N4O3/c1-2-18(8-5-15(23)21-17(18)25)22-16(24)13-3-4-14(20-11-13)12-6-9-19-10-7-12/h3-4,6-7,9-11H,2,5,8H2,1H3,(H,22,24)(H,21,23,25). The first-order valence-corrected chi connectivity index (χ1v) is 8.07. The van der Waals surface area contributed by atoms with Gasteiger partial charge in [0.05, 0.1) is 11.3 Å². The molecule has 2 aromatic rings. The van der Waals surface area contributed by atoms with Crippen LogP contribution in [0.2, 0.25) is 0 Å². The Bertz CT molecular complexity index is 805. The molecule has 7 nitrogen and oxygen atoms in total. The van der Waals surface area contributed by atoms with Crippen LogP contribution >= 0.6 is 0 Å². The molecule has 1 atom stereocenters. The molecule has 0 bridgehead atoms. The molecule has 3 rings (SSSR count). The van der Waals surface area contributed by atoms with Crippen LogP contribution in [0.3, 0.4) is 0 Å². The quantitative estimate of drug-likeness (QED) is 0.822. The number of hydrogen-bond donors (Lipinski definition) is 2. The van der Waals surface area contributed by atoms with E-state index in [1.807, 2.05) is 12.1 Å². The second-order valence-electron chi connectivity index (χ2n) is 5.94. The number of aromatic nitrogens is 2. The van der Waals surface area contributed by atoms with Gasteiger partial charge in [-0.3, -0.25) is 29.7 Å². The molecule has 1 unspecified atom stereocenters. The molecule has 0 aliphatic carbocycles. The lowest BCUT2D eigenvalue weighted by molar-refractivity contribution is -0.138. The molecular weight excluding hydrogens is 320 g/mol. The van der Waals surface area contributed by atoms with E-state index in [0.29, 0.717) is 18.4 Å². The van der Waals surface area contributed by atoms with Crippen LogP contribution in [-0.4, -0.2) is 33.2 Å². The summed E-state index contributed by atoms with van der Waals surface area (Å²) in [6.07, 6.45) is 5.72. The topological polar surface area (TPSA) is 101 Å². The normalized spacial score (nSPS) is 20.0. The molecule has 7 heteroatoms. The average Bonchev–Trinajstić information content (AvgIpc) is 2.65. The monoisotopic (exact) mass is 338 g/mol. The first-order valence-electron chi connectivity index (χ1n) is 8.07. The van der Waals surface area contributed by atoms with Gasteiger partial charge in [-0.05, 0) is 37.1 Å². The predicted octanol–water partition coefficient (Wildman–Crippen LogP) is 1.46. The fourth-order valence-corrected chi connectivity index (χ4v) is 2.81. The van der Waals surface area contributed by atoms with E-state index in [0.717, 1.165) is 11.3 Å². The van der Waals surface area contributed by atoms with E-state index in [-0.39, 0.29) is 18.2 Å². The van der Waals surface area contributed by atoms with E-state index in [9.17, 15) is 14.4 Å². The van der Waals surface area contributed by atoms with Crippen molar-refractivity contribution in [3.63, 3.8) is 0 Å². The molecule has 3 heterocycles. The van der Waals surface area contributed by atoms with E-state index in [2.05, 4.69) is 20.6 Å². The van der Waals surface area contributed by atoms with E-state index in [1.54, 1.807) is 31.5 Å². The summed E-state index contributed by atoms with van der Waals surface area (Å²) in [5, 5.41) is 5.07. The van der Waals surface area contributed by atoms with Crippen molar-refractivity contribution in [2.75, 3.05) is 0 Å². The zero-order valence-corrected chi connectivity index (χ0v) is 13.8. The van der Waals surface area contributed by atoms with Crippen LogP contribution in [0, 0.1) is 0 Å². The number of pyridine rings is 2. The molecule has 0 spiro atoms. The van der Waals surface area contributed by atoms with Crippen molar-refractivity contribution in [1.29, 1.82) is 0 Å². The smallest absolute Gasteiger partial charge is 0.253 e. The lowest BCUT2D eigenvalue weighted by Gasteiger charge is -2.35. The SMILES string of the molecule is CCC1(NC(=O)c2ccc(-c3ccncc3)nc2)CCC(=O)NC1=O. The van der Waals surface area contributed by atoms with Gasteiger partial charge in [-0.25, -0.2) is 0 Å². The van der Waals surface area contributed by atoms with E-state index in [1.165, 1.54) is 6.20 Å². The van der Waals surface area contributed by atoms with Gasteiger partial charge in [0.15, 0.2) is 0 Å². The Kier molecular flexibility index (Phi) is 4.56. The number of nitrogens with zero attached hydrogens (tertiary/aromatic N) is 2. The van der Waals surface area contributed by atoms with Crippen LogP contribution in [0.4, 0.5) is 0 Å². The number of carbonyl (C=O) groups is 3. The maximum atomic E-state index is 12.5. The summed E-state index contributed by atoms with van der Waals surface area (Å²) in [6.45, 7) is 1.81. The van der Waals surface area contributed by atoms with Gasteiger partial charge in [0.25, 0.3) is 11.8 Å². The van der Waals surface area contributed by atoms with Gasteiger partial charge >= 0.3 is 0 Å².